The number of nitrogens with zero attached hydrogens (tertiary/aromatic N) is 2. The molecule has 1 heterocycles. The highest BCUT2D eigenvalue weighted by Gasteiger charge is 2.17. The first kappa shape index (κ1) is 17.8. The molecule has 0 bridgehead atoms. The molecule has 6 heteroatoms. The molecule has 5 nitrogen and oxygen atoms in total. The summed E-state index contributed by atoms with van der Waals surface area (Å²) in [6, 6.07) is 17.2. The van der Waals surface area contributed by atoms with Crippen LogP contribution in [-0.4, -0.2) is 35.9 Å². The topological polar surface area (TPSA) is 56.1 Å². The molecule has 3 rings (SSSR count). The molecule has 1 N–H and O–H groups in total. The number of hydrogen-bond donors (Lipinski definition) is 1. The fourth-order valence-corrected chi connectivity index (χ4v) is 2.58. The third-order valence-corrected chi connectivity index (χ3v) is 3.89. The molecule has 3 aromatic rings. The van der Waals surface area contributed by atoms with Crippen LogP contribution >= 0.6 is 0 Å². The molecule has 1 amide bonds. The molecule has 0 saturated heterocycles. The minimum absolute atomic E-state index is 0.236. The second-order valence-electron chi connectivity index (χ2n) is 5.77. The van der Waals surface area contributed by atoms with Crippen LogP contribution in [0, 0.1) is 5.82 Å². The molecule has 0 aliphatic rings. The van der Waals surface area contributed by atoms with Gasteiger partial charge >= 0.3 is 0 Å². The SMILES string of the molecule is COCCCNC(=O)c1cc(-c2ccccc2)nn1-c1ccc(F)cc1. The molecule has 0 atom stereocenters. The normalized spacial score (nSPS) is 10.7. The lowest BCUT2D eigenvalue weighted by Gasteiger charge is -2.08. The Morgan fingerprint density at radius 2 is 1.88 bits per heavy atom. The minimum Gasteiger partial charge on any atom is -0.385 e. The first-order valence-electron chi connectivity index (χ1n) is 8.37. The van der Waals surface area contributed by atoms with Gasteiger partial charge in [-0.15, -0.1) is 0 Å². The average Bonchev–Trinajstić information content (AvgIpc) is 3.12. The Balaban J connectivity index is 1.93. The molecule has 1 aromatic heterocycles. The zero-order chi connectivity index (χ0) is 18.4. The molecule has 0 aliphatic carbocycles. The number of halogens is 1. The summed E-state index contributed by atoms with van der Waals surface area (Å²) in [6.45, 7) is 1.08. The van der Waals surface area contributed by atoms with Gasteiger partial charge in [0.25, 0.3) is 5.91 Å². The van der Waals surface area contributed by atoms with E-state index in [9.17, 15) is 9.18 Å². The summed E-state index contributed by atoms with van der Waals surface area (Å²) < 4.78 is 19.8. The predicted octanol–water partition coefficient (Wildman–Crippen LogP) is 3.44. The van der Waals surface area contributed by atoms with Gasteiger partial charge in [-0.05, 0) is 36.8 Å². The third kappa shape index (κ3) is 4.15. The highest BCUT2D eigenvalue weighted by atomic mass is 19.1. The smallest absolute Gasteiger partial charge is 0.270 e. The van der Waals surface area contributed by atoms with Crippen molar-refractivity contribution in [3.05, 3.63) is 72.2 Å². The van der Waals surface area contributed by atoms with Crippen LogP contribution in [0.1, 0.15) is 16.9 Å². The lowest BCUT2D eigenvalue weighted by atomic mass is 10.1. The van der Waals surface area contributed by atoms with Gasteiger partial charge in [-0.2, -0.15) is 5.10 Å². The van der Waals surface area contributed by atoms with Gasteiger partial charge in [0.1, 0.15) is 11.5 Å². The molecule has 134 valence electrons. The van der Waals surface area contributed by atoms with Crippen LogP contribution in [0.15, 0.2) is 60.7 Å². The van der Waals surface area contributed by atoms with Gasteiger partial charge in [-0.25, -0.2) is 9.07 Å². The number of ether oxygens (including phenoxy) is 1. The van der Waals surface area contributed by atoms with E-state index in [1.54, 1.807) is 25.3 Å². The number of hydrogen-bond acceptors (Lipinski definition) is 3. The van der Waals surface area contributed by atoms with Crippen molar-refractivity contribution in [3.63, 3.8) is 0 Å². The minimum atomic E-state index is -0.338. The maximum atomic E-state index is 13.2. The van der Waals surface area contributed by atoms with Gasteiger partial charge < -0.3 is 10.1 Å². The van der Waals surface area contributed by atoms with Crippen LogP contribution in [0.2, 0.25) is 0 Å². The van der Waals surface area contributed by atoms with Crippen molar-refractivity contribution in [3.8, 4) is 16.9 Å². The van der Waals surface area contributed by atoms with Gasteiger partial charge in [0.2, 0.25) is 0 Å². The molecule has 0 fully saturated rings. The van der Waals surface area contributed by atoms with Crippen molar-refractivity contribution in [2.24, 2.45) is 0 Å². The van der Waals surface area contributed by atoms with E-state index >= 15 is 0 Å². The van der Waals surface area contributed by atoms with E-state index in [0.717, 1.165) is 12.0 Å². The van der Waals surface area contributed by atoms with Crippen LogP contribution < -0.4 is 5.32 Å². The standard InChI is InChI=1S/C20H20FN3O2/c1-26-13-5-12-22-20(25)19-14-18(15-6-3-2-4-7-15)23-24(19)17-10-8-16(21)9-11-17/h2-4,6-11,14H,5,12-13H2,1H3,(H,22,25). The Morgan fingerprint density at radius 3 is 2.58 bits per heavy atom. The Labute approximate surface area is 151 Å². The second-order valence-corrected chi connectivity index (χ2v) is 5.77. The Bertz CT molecular complexity index is 861. The lowest BCUT2D eigenvalue weighted by Crippen LogP contribution is -2.27. The number of aromatic nitrogens is 2. The van der Waals surface area contributed by atoms with E-state index in [1.165, 1.54) is 16.8 Å². The van der Waals surface area contributed by atoms with Gasteiger partial charge in [0.15, 0.2) is 0 Å². The summed E-state index contributed by atoms with van der Waals surface area (Å²) in [4.78, 5) is 12.6. The van der Waals surface area contributed by atoms with E-state index in [0.29, 0.717) is 30.2 Å². The van der Waals surface area contributed by atoms with E-state index in [4.69, 9.17) is 4.74 Å². The molecule has 0 spiro atoms. The second kappa shape index (κ2) is 8.40. The molecular formula is C20H20FN3O2. The Morgan fingerprint density at radius 1 is 1.15 bits per heavy atom. The molecule has 26 heavy (non-hydrogen) atoms. The Kier molecular flexibility index (Phi) is 5.76. The van der Waals surface area contributed by atoms with Gasteiger partial charge in [-0.1, -0.05) is 30.3 Å². The summed E-state index contributed by atoms with van der Waals surface area (Å²) in [5, 5.41) is 7.42. The average molecular weight is 353 g/mol. The van der Waals surface area contributed by atoms with Crippen LogP contribution in [-0.2, 0) is 4.74 Å². The summed E-state index contributed by atoms with van der Waals surface area (Å²) >= 11 is 0. The first-order valence-corrected chi connectivity index (χ1v) is 8.37. The fraction of sp³-hybridized carbons (Fsp3) is 0.200. The molecular weight excluding hydrogens is 333 g/mol. The highest BCUT2D eigenvalue weighted by molar-refractivity contribution is 5.94. The van der Waals surface area contributed by atoms with Crippen molar-refractivity contribution >= 4 is 5.91 Å². The van der Waals surface area contributed by atoms with E-state index in [-0.39, 0.29) is 11.7 Å². The van der Waals surface area contributed by atoms with Crippen molar-refractivity contribution in [1.29, 1.82) is 0 Å². The van der Waals surface area contributed by atoms with Crippen molar-refractivity contribution in [1.82, 2.24) is 15.1 Å². The number of nitrogens with one attached hydrogen (secondary N) is 1. The van der Waals surface area contributed by atoms with E-state index in [2.05, 4.69) is 10.4 Å². The summed E-state index contributed by atoms with van der Waals surface area (Å²) in [5.74, 6) is -0.574. The van der Waals surface area contributed by atoms with Crippen LogP contribution in [0.3, 0.4) is 0 Å². The molecule has 0 saturated carbocycles. The number of rotatable bonds is 7. The summed E-state index contributed by atoms with van der Waals surface area (Å²) in [5.41, 5.74) is 2.60. The number of methoxy groups -OCH3 is 1. The number of carbonyl (C=O) groups is 1. The van der Waals surface area contributed by atoms with Crippen LogP contribution in [0.5, 0.6) is 0 Å². The molecule has 0 aliphatic heterocycles. The van der Waals surface area contributed by atoms with Crippen LogP contribution in [0.25, 0.3) is 16.9 Å². The summed E-state index contributed by atoms with van der Waals surface area (Å²) in [7, 11) is 1.62. The van der Waals surface area contributed by atoms with Gasteiger partial charge in [-0.3, -0.25) is 4.79 Å². The largest absolute Gasteiger partial charge is 0.385 e. The molecule has 0 unspecified atom stereocenters. The highest BCUT2D eigenvalue weighted by Crippen LogP contribution is 2.21. The van der Waals surface area contributed by atoms with Crippen molar-refractivity contribution < 1.29 is 13.9 Å². The molecule has 0 radical (unpaired) electrons. The fourth-order valence-electron chi connectivity index (χ4n) is 2.58. The third-order valence-electron chi connectivity index (χ3n) is 3.89. The zero-order valence-corrected chi connectivity index (χ0v) is 14.5. The van der Waals surface area contributed by atoms with E-state index < -0.39 is 0 Å². The van der Waals surface area contributed by atoms with Crippen molar-refractivity contribution in [2.45, 2.75) is 6.42 Å². The summed E-state index contributed by atoms with van der Waals surface area (Å²) in [6.07, 6.45) is 0.721. The van der Waals surface area contributed by atoms with Gasteiger partial charge in [0, 0.05) is 25.8 Å². The maximum Gasteiger partial charge on any atom is 0.270 e. The maximum absolute atomic E-state index is 13.2. The first-order chi connectivity index (χ1) is 12.7. The van der Waals surface area contributed by atoms with Crippen LogP contribution in [0.4, 0.5) is 4.39 Å². The van der Waals surface area contributed by atoms with Gasteiger partial charge in [0.05, 0.1) is 11.4 Å². The number of carbonyl (C=O) groups excluding carboxylic acids is 1. The van der Waals surface area contributed by atoms with E-state index in [1.807, 2.05) is 30.3 Å². The Hall–Kier alpha value is -2.99. The quantitative estimate of drug-likeness (QED) is 0.662. The zero-order valence-electron chi connectivity index (χ0n) is 14.5. The predicted molar refractivity (Wildman–Crippen MR) is 97.8 cm³/mol. The van der Waals surface area contributed by atoms with Crippen molar-refractivity contribution in [2.75, 3.05) is 20.3 Å². The number of benzene rings is 2. The molecule has 2 aromatic carbocycles. The lowest BCUT2D eigenvalue weighted by molar-refractivity contribution is 0.0941. The monoisotopic (exact) mass is 353 g/mol. The number of amides is 1.